The number of rotatable bonds is 4. The van der Waals surface area contributed by atoms with Crippen molar-refractivity contribution < 1.29 is 9.25 Å². The van der Waals surface area contributed by atoms with Gasteiger partial charge in [0, 0.05) is 29.3 Å². The molecule has 2 aromatic heterocycles. The molecule has 6 heteroatoms. The van der Waals surface area contributed by atoms with Gasteiger partial charge in [0.1, 0.15) is 23.3 Å². The SMILES string of the molecule is CC(C)ON=C1CCCc2oc(C3=CCC=C(c4cccnc4)S3)nc21. The maximum absolute atomic E-state index is 6.09. The predicted molar refractivity (Wildman–Crippen MR) is 105 cm³/mol. The summed E-state index contributed by atoms with van der Waals surface area (Å²) in [5.41, 5.74) is 2.86. The van der Waals surface area contributed by atoms with E-state index in [1.165, 1.54) is 4.91 Å². The molecular formula is C20H21N3O2S. The minimum Gasteiger partial charge on any atom is -0.440 e. The molecule has 3 heterocycles. The molecule has 0 saturated carbocycles. The van der Waals surface area contributed by atoms with Crippen molar-refractivity contribution in [2.75, 3.05) is 0 Å². The van der Waals surface area contributed by atoms with Gasteiger partial charge >= 0.3 is 0 Å². The lowest BCUT2D eigenvalue weighted by molar-refractivity contribution is 0.0854. The minimum absolute atomic E-state index is 0.0584. The molecule has 0 atom stereocenters. The van der Waals surface area contributed by atoms with Crippen molar-refractivity contribution in [1.82, 2.24) is 9.97 Å². The summed E-state index contributed by atoms with van der Waals surface area (Å²) in [6.07, 6.45) is 11.7. The summed E-state index contributed by atoms with van der Waals surface area (Å²) >= 11 is 1.68. The number of oxime groups is 1. The Kier molecular flexibility index (Phi) is 4.93. The van der Waals surface area contributed by atoms with E-state index in [0.29, 0.717) is 5.89 Å². The van der Waals surface area contributed by atoms with Gasteiger partial charge in [-0.2, -0.15) is 0 Å². The summed E-state index contributed by atoms with van der Waals surface area (Å²) in [6, 6.07) is 4.03. The van der Waals surface area contributed by atoms with Crippen LogP contribution in [0.1, 0.15) is 56.0 Å². The highest BCUT2D eigenvalue weighted by atomic mass is 32.2. The van der Waals surface area contributed by atoms with Crippen LogP contribution < -0.4 is 0 Å². The van der Waals surface area contributed by atoms with Crippen molar-refractivity contribution in [3.05, 3.63) is 59.6 Å². The van der Waals surface area contributed by atoms with Crippen molar-refractivity contribution in [2.45, 2.75) is 45.6 Å². The van der Waals surface area contributed by atoms with Gasteiger partial charge in [-0.1, -0.05) is 35.1 Å². The average Bonchev–Trinajstić information content (AvgIpc) is 3.12. The van der Waals surface area contributed by atoms with Crippen LogP contribution in [0.3, 0.4) is 0 Å². The van der Waals surface area contributed by atoms with E-state index in [4.69, 9.17) is 14.2 Å². The Balaban J connectivity index is 1.58. The Morgan fingerprint density at radius 1 is 1.23 bits per heavy atom. The zero-order valence-corrected chi connectivity index (χ0v) is 15.8. The molecule has 4 rings (SSSR count). The van der Waals surface area contributed by atoms with Gasteiger partial charge in [-0.15, -0.1) is 0 Å². The monoisotopic (exact) mass is 367 g/mol. The molecule has 0 bridgehead atoms. The highest BCUT2D eigenvalue weighted by Crippen LogP contribution is 2.42. The van der Waals surface area contributed by atoms with E-state index in [-0.39, 0.29) is 6.10 Å². The Hall–Kier alpha value is -2.34. The Morgan fingerprint density at radius 2 is 2.12 bits per heavy atom. The molecule has 2 aliphatic rings. The molecule has 0 unspecified atom stereocenters. The molecular weight excluding hydrogens is 346 g/mol. The van der Waals surface area contributed by atoms with Crippen LogP contribution in [-0.4, -0.2) is 21.8 Å². The second-order valence-corrected chi connectivity index (χ2v) is 7.64. The van der Waals surface area contributed by atoms with E-state index in [1.807, 2.05) is 26.1 Å². The molecule has 0 spiro atoms. The van der Waals surface area contributed by atoms with E-state index in [0.717, 1.165) is 53.3 Å². The molecule has 0 radical (unpaired) electrons. The number of allylic oxidation sites excluding steroid dienone is 2. The fourth-order valence-corrected chi connectivity index (χ4v) is 3.95. The number of fused-ring (bicyclic) bond motifs is 1. The highest BCUT2D eigenvalue weighted by Gasteiger charge is 2.26. The third kappa shape index (κ3) is 3.60. The average molecular weight is 367 g/mol. The van der Waals surface area contributed by atoms with Crippen LogP contribution >= 0.6 is 11.8 Å². The second-order valence-electron chi connectivity index (χ2n) is 6.55. The van der Waals surface area contributed by atoms with Gasteiger partial charge in [0.25, 0.3) is 0 Å². The first-order valence-electron chi connectivity index (χ1n) is 8.92. The van der Waals surface area contributed by atoms with E-state index in [9.17, 15) is 0 Å². The number of thioether (sulfide) groups is 1. The van der Waals surface area contributed by atoms with Crippen molar-refractivity contribution in [3.63, 3.8) is 0 Å². The fourth-order valence-electron chi connectivity index (χ4n) is 2.94. The number of nitrogens with zero attached hydrogens (tertiary/aromatic N) is 3. The molecule has 0 saturated heterocycles. The summed E-state index contributed by atoms with van der Waals surface area (Å²) in [4.78, 5) is 16.6. The molecule has 0 fully saturated rings. The first-order chi connectivity index (χ1) is 12.7. The third-order valence-electron chi connectivity index (χ3n) is 4.15. The van der Waals surface area contributed by atoms with Crippen LogP contribution in [0.5, 0.6) is 0 Å². The number of hydrogen-bond acceptors (Lipinski definition) is 6. The second kappa shape index (κ2) is 7.50. The van der Waals surface area contributed by atoms with E-state index in [1.54, 1.807) is 18.0 Å². The lowest BCUT2D eigenvalue weighted by Crippen LogP contribution is -2.12. The largest absolute Gasteiger partial charge is 0.440 e. The van der Waals surface area contributed by atoms with Gasteiger partial charge in [-0.3, -0.25) is 4.98 Å². The maximum Gasteiger partial charge on any atom is 0.233 e. The van der Waals surface area contributed by atoms with Crippen LogP contribution in [0.25, 0.3) is 9.81 Å². The summed E-state index contributed by atoms with van der Waals surface area (Å²) in [5.74, 6) is 1.59. The minimum atomic E-state index is 0.0584. The van der Waals surface area contributed by atoms with Gasteiger partial charge < -0.3 is 9.25 Å². The molecule has 5 nitrogen and oxygen atoms in total. The molecule has 0 aromatic carbocycles. The molecule has 1 aliphatic heterocycles. The molecule has 1 aliphatic carbocycles. The topological polar surface area (TPSA) is 60.5 Å². The summed E-state index contributed by atoms with van der Waals surface area (Å²) in [6.45, 7) is 3.94. The predicted octanol–water partition coefficient (Wildman–Crippen LogP) is 5.05. The summed E-state index contributed by atoms with van der Waals surface area (Å²) < 4.78 is 6.09. The van der Waals surface area contributed by atoms with Crippen molar-refractivity contribution in [1.29, 1.82) is 0 Å². The zero-order chi connectivity index (χ0) is 17.9. The van der Waals surface area contributed by atoms with Gasteiger partial charge in [-0.05, 0) is 39.2 Å². The fraction of sp³-hybridized carbons (Fsp3) is 0.350. The van der Waals surface area contributed by atoms with Gasteiger partial charge in [0.05, 0.1) is 4.91 Å². The Morgan fingerprint density at radius 3 is 2.92 bits per heavy atom. The van der Waals surface area contributed by atoms with Gasteiger partial charge in [0.15, 0.2) is 0 Å². The van der Waals surface area contributed by atoms with Crippen LogP contribution in [0.4, 0.5) is 0 Å². The van der Waals surface area contributed by atoms with E-state index in [2.05, 4.69) is 28.4 Å². The summed E-state index contributed by atoms with van der Waals surface area (Å²) in [7, 11) is 0. The number of hydrogen-bond donors (Lipinski definition) is 0. The van der Waals surface area contributed by atoms with E-state index >= 15 is 0 Å². The number of aryl methyl sites for hydroxylation is 1. The first-order valence-corrected chi connectivity index (χ1v) is 9.74. The van der Waals surface area contributed by atoms with Gasteiger partial charge in [0.2, 0.25) is 5.89 Å². The Labute approximate surface area is 157 Å². The molecule has 0 N–H and O–H groups in total. The normalized spacial score (nSPS) is 18.5. The quantitative estimate of drug-likeness (QED) is 0.707. The molecule has 0 amide bonds. The van der Waals surface area contributed by atoms with Crippen LogP contribution in [-0.2, 0) is 11.3 Å². The smallest absolute Gasteiger partial charge is 0.233 e. The molecule has 2 aromatic rings. The highest BCUT2D eigenvalue weighted by molar-refractivity contribution is 8.16. The van der Waals surface area contributed by atoms with Crippen LogP contribution in [0.15, 0.2) is 46.3 Å². The zero-order valence-electron chi connectivity index (χ0n) is 14.9. The Bertz CT molecular complexity index is 882. The number of oxazole rings is 1. The maximum atomic E-state index is 6.09. The number of pyridine rings is 1. The number of aromatic nitrogens is 2. The third-order valence-corrected chi connectivity index (χ3v) is 5.33. The molecule has 26 heavy (non-hydrogen) atoms. The standard InChI is InChI=1S/C20H21N3O2S/c1-13(2)25-23-15-7-3-8-16-19(15)22-20(24-16)18-10-4-9-17(26-18)14-6-5-11-21-12-14/h5-6,9-13H,3-4,7-8H2,1-2H3. The van der Waals surface area contributed by atoms with Crippen LogP contribution in [0.2, 0.25) is 0 Å². The van der Waals surface area contributed by atoms with E-state index < -0.39 is 0 Å². The molecule has 134 valence electrons. The van der Waals surface area contributed by atoms with Crippen molar-refractivity contribution in [3.8, 4) is 0 Å². The first kappa shape index (κ1) is 17.1. The summed E-state index contributed by atoms with van der Waals surface area (Å²) in [5, 5.41) is 4.29. The lowest BCUT2D eigenvalue weighted by Gasteiger charge is -2.12. The van der Waals surface area contributed by atoms with Crippen LogP contribution in [0, 0.1) is 0 Å². The van der Waals surface area contributed by atoms with Crippen molar-refractivity contribution in [2.24, 2.45) is 5.16 Å². The van der Waals surface area contributed by atoms with Crippen molar-refractivity contribution >= 4 is 27.3 Å². The lowest BCUT2D eigenvalue weighted by atomic mass is 10.0. The van der Waals surface area contributed by atoms with Gasteiger partial charge in [-0.25, -0.2) is 4.98 Å².